The van der Waals surface area contributed by atoms with E-state index >= 15 is 0 Å². The van der Waals surface area contributed by atoms with Crippen molar-refractivity contribution >= 4 is 36.8 Å². The van der Waals surface area contributed by atoms with E-state index in [0.29, 0.717) is 43.1 Å². The Morgan fingerprint density at radius 3 is 2.87 bits per heavy atom. The molecule has 5 heterocycles. The molecule has 3 aromatic rings. The van der Waals surface area contributed by atoms with Gasteiger partial charge >= 0.3 is 217 Å². The Hall–Kier alpha value is -3.11. The molecule has 38 heavy (non-hydrogen) atoms. The number of alkyl halides is 4. The average Bonchev–Trinajstić information content (AvgIpc) is 3.42. The summed E-state index contributed by atoms with van der Waals surface area (Å²) in [6.45, 7) is 1.98. The van der Waals surface area contributed by atoms with Gasteiger partial charge in [-0.2, -0.15) is 0 Å². The van der Waals surface area contributed by atoms with Gasteiger partial charge in [0, 0.05) is 0 Å². The molecular weight excluding hydrogens is 573 g/mol. The van der Waals surface area contributed by atoms with Gasteiger partial charge in [0.25, 0.3) is 0 Å². The molecule has 2 aliphatic rings. The zero-order valence-electron chi connectivity index (χ0n) is 20.3. The summed E-state index contributed by atoms with van der Waals surface area (Å²) in [5.41, 5.74) is 0.933. The number of piperidine rings is 1. The molecule has 0 unspecified atom stereocenters. The Kier molecular flexibility index (Phi) is 7.63. The second-order valence-electron chi connectivity index (χ2n) is 9.14. The van der Waals surface area contributed by atoms with E-state index in [1.165, 1.54) is 29.1 Å². The van der Waals surface area contributed by atoms with Crippen LogP contribution in [-0.2, 0) is 4.74 Å². The zero-order chi connectivity index (χ0) is 26.9. The Morgan fingerprint density at radius 1 is 1.34 bits per heavy atom. The quantitative estimate of drug-likeness (QED) is 0.252. The number of fused-ring (bicyclic) bond motifs is 1. The third-order valence-electron chi connectivity index (χ3n) is 6.35. The predicted molar refractivity (Wildman–Crippen MR) is 132 cm³/mol. The topological polar surface area (TPSA) is 88.7 Å². The van der Waals surface area contributed by atoms with Gasteiger partial charge in [0.2, 0.25) is 0 Å². The summed E-state index contributed by atoms with van der Waals surface area (Å²) in [4.78, 5) is 18.6. The number of nitrogens with zero attached hydrogens (tertiary/aromatic N) is 5. The van der Waals surface area contributed by atoms with Gasteiger partial charge in [-0.3, -0.25) is 0 Å². The Balaban J connectivity index is 1.34. The first-order valence-electron chi connectivity index (χ1n) is 11.9. The van der Waals surface area contributed by atoms with Crippen molar-refractivity contribution in [3.8, 4) is 11.8 Å². The number of hydrogen-bond donors (Lipinski definition) is 2. The third kappa shape index (κ3) is 5.96. The first-order chi connectivity index (χ1) is 18.2. The van der Waals surface area contributed by atoms with Crippen LogP contribution < -0.4 is 15.2 Å². The fraction of sp³-hybridized carbons (Fsp3) is 0.458. The van der Waals surface area contributed by atoms with Gasteiger partial charge in [-0.25, -0.2) is 0 Å². The van der Waals surface area contributed by atoms with Gasteiger partial charge in [0.05, 0.1) is 0 Å². The molecule has 202 valence electrons. The SMILES string of the molecule is CN1CC[C@@H](Nc2nccn3c([Se]C(F)(F)F)c(C#CCNC(=O)c4cnn(C5COC5)c4)cc23)[C@@H](F)C1. The Labute approximate surface area is 222 Å². The number of halogens is 4. The van der Waals surface area contributed by atoms with Crippen molar-refractivity contribution < 1.29 is 27.1 Å². The Bertz CT molecular complexity index is 1380. The molecule has 0 saturated carbocycles. The van der Waals surface area contributed by atoms with Crippen molar-refractivity contribution in [2.75, 3.05) is 45.2 Å². The van der Waals surface area contributed by atoms with Gasteiger partial charge in [-0.05, 0) is 0 Å². The molecule has 1 amide bonds. The molecule has 2 atom stereocenters. The molecular formula is C24H25F4N7O2Se. The molecule has 2 fully saturated rings. The van der Waals surface area contributed by atoms with Crippen molar-refractivity contribution in [2.24, 2.45) is 0 Å². The van der Waals surface area contributed by atoms with Crippen molar-refractivity contribution in [1.29, 1.82) is 0 Å². The number of ether oxygens (including phenoxy) is 1. The van der Waals surface area contributed by atoms with Crippen LogP contribution in [0.2, 0.25) is 0 Å². The van der Waals surface area contributed by atoms with Crippen molar-refractivity contribution in [2.45, 2.75) is 29.8 Å². The van der Waals surface area contributed by atoms with E-state index in [1.807, 2.05) is 11.9 Å². The number of carbonyl (C=O) groups is 1. The maximum absolute atomic E-state index is 14.6. The van der Waals surface area contributed by atoms with Crippen molar-refractivity contribution in [3.63, 3.8) is 0 Å². The van der Waals surface area contributed by atoms with Gasteiger partial charge in [-0.15, -0.1) is 0 Å². The number of aromatic nitrogens is 4. The summed E-state index contributed by atoms with van der Waals surface area (Å²) in [6.07, 6.45) is 5.30. The van der Waals surface area contributed by atoms with Crippen LogP contribution in [0.15, 0.2) is 30.9 Å². The number of nitrogens with one attached hydrogen (secondary N) is 2. The summed E-state index contributed by atoms with van der Waals surface area (Å²) in [7, 11) is 1.84. The molecule has 0 aromatic carbocycles. The molecule has 14 heteroatoms. The second-order valence-corrected chi connectivity index (χ2v) is 11.4. The number of anilines is 1. The first kappa shape index (κ1) is 26.5. The molecule has 2 saturated heterocycles. The number of hydrogen-bond acceptors (Lipinski definition) is 6. The fourth-order valence-corrected chi connectivity index (χ4v) is 5.75. The van der Waals surface area contributed by atoms with Crippen molar-refractivity contribution in [3.05, 3.63) is 42.0 Å². The maximum atomic E-state index is 14.6. The van der Waals surface area contributed by atoms with Crippen LogP contribution in [0.5, 0.6) is 0 Å². The molecule has 2 N–H and O–H groups in total. The molecule has 9 nitrogen and oxygen atoms in total. The normalized spacial score (nSPS) is 20.6. The van der Waals surface area contributed by atoms with Crippen molar-refractivity contribution in [1.82, 2.24) is 29.4 Å². The number of carbonyl (C=O) groups excluding carboxylic acids is 1. The van der Waals surface area contributed by atoms with Crippen LogP contribution in [0.4, 0.5) is 23.4 Å². The molecule has 0 radical (unpaired) electrons. The number of amides is 1. The van der Waals surface area contributed by atoms with Crippen LogP contribution in [0.25, 0.3) is 5.52 Å². The van der Waals surface area contributed by atoms with Gasteiger partial charge in [0.1, 0.15) is 0 Å². The van der Waals surface area contributed by atoms with E-state index in [2.05, 4.69) is 32.6 Å². The third-order valence-corrected chi connectivity index (χ3v) is 8.11. The predicted octanol–water partition coefficient (Wildman–Crippen LogP) is 1.19. The second kappa shape index (κ2) is 10.9. The van der Waals surface area contributed by atoms with Gasteiger partial charge in [0.15, 0.2) is 0 Å². The standard InChI is InChI=1S/C24H25F4N7O2Se/c1-33-7-4-19(18(25)12-33)32-21-20-9-15(23(38-24(26,27)28)34(20)8-6-29-21)3-2-5-30-22(36)16-10-31-35(11-16)17-13-37-14-17/h6,8-11,17-19H,4-5,7,12-14H2,1H3,(H,29,32)(H,30,36)/t18-,19+/m0/s1. The van der Waals surface area contributed by atoms with E-state index in [4.69, 9.17) is 4.74 Å². The molecule has 5 rings (SSSR count). The summed E-state index contributed by atoms with van der Waals surface area (Å²) in [5.74, 6) is 5.44. The zero-order valence-corrected chi connectivity index (χ0v) is 22.0. The Morgan fingerprint density at radius 2 is 2.16 bits per heavy atom. The fourth-order valence-electron chi connectivity index (χ4n) is 4.28. The monoisotopic (exact) mass is 599 g/mol. The summed E-state index contributed by atoms with van der Waals surface area (Å²) < 4.78 is 63.2. The van der Waals surface area contributed by atoms with Crippen LogP contribution in [0, 0.1) is 11.8 Å². The van der Waals surface area contributed by atoms with Gasteiger partial charge < -0.3 is 4.74 Å². The van der Waals surface area contributed by atoms with Crippen LogP contribution in [0.3, 0.4) is 0 Å². The molecule has 3 aromatic heterocycles. The minimum absolute atomic E-state index is 0.00782. The van der Waals surface area contributed by atoms with E-state index in [9.17, 15) is 22.4 Å². The van der Waals surface area contributed by atoms with Gasteiger partial charge in [-0.1, -0.05) is 0 Å². The number of rotatable bonds is 6. The molecule has 0 spiro atoms. The summed E-state index contributed by atoms with van der Waals surface area (Å²) in [6, 6.07) is 1.14. The van der Waals surface area contributed by atoms with E-state index in [0.717, 1.165) is 0 Å². The van der Waals surface area contributed by atoms with E-state index < -0.39 is 32.2 Å². The molecule has 0 bridgehead atoms. The van der Waals surface area contributed by atoms with Crippen LogP contribution in [0.1, 0.15) is 28.4 Å². The van der Waals surface area contributed by atoms with Crippen LogP contribution in [-0.4, -0.2) is 102 Å². The molecule has 0 aliphatic carbocycles. The summed E-state index contributed by atoms with van der Waals surface area (Å²) >= 11 is -1.89. The van der Waals surface area contributed by atoms with E-state index in [1.54, 1.807) is 10.9 Å². The first-order valence-corrected chi connectivity index (χ1v) is 13.6. The molecule has 2 aliphatic heterocycles. The summed E-state index contributed by atoms with van der Waals surface area (Å²) in [5, 5.41) is 5.48. The van der Waals surface area contributed by atoms with Crippen LogP contribution >= 0.6 is 0 Å². The minimum atomic E-state index is -4.41. The number of likely N-dealkylation sites (tertiary alicyclic amines) is 1. The van der Waals surface area contributed by atoms with E-state index in [-0.39, 0.29) is 35.2 Å². The average molecular weight is 598 g/mol.